The minimum atomic E-state index is -2.26. The number of allylic oxidation sites excluding steroid dienone is 4. The quantitative estimate of drug-likeness (QED) is 0.472. The number of ether oxygens (including phenoxy) is 1. The molecule has 0 radical (unpaired) electrons. The van der Waals surface area contributed by atoms with Crippen molar-refractivity contribution in [3.05, 3.63) is 47.6 Å². The van der Waals surface area contributed by atoms with Gasteiger partial charge >= 0.3 is 0 Å². The van der Waals surface area contributed by atoms with Gasteiger partial charge < -0.3 is 4.74 Å². The molecule has 2 rings (SSSR count). The summed E-state index contributed by atoms with van der Waals surface area (Å²) >= 11 is 0. The van der Waals surface area contributed by atoms with Crippen LogP contribution in [-0.2, 0) is 0 Å². The van der Waals surface area contributed by atoms with Crippen LogP contribution in [0.4, 0.5) is 22.0 Å². The fraction of sp³-hybridized carbons (Fsp3) is 0.231. The first-order chi connectivity index (χ1) is 9.36. The summed E-state index contributed by atoms with van der Waals surface area (Å²) in [6, 6.07) is 0.319. The molecule has 0 heterocycles. The third kappa shape index (κ3) is 2.71. The lowest BCUT2D eigenvalue weighted by atomic mass is 9.54. The Labute approximate surface area is 113 Å². The molecule has 7 heteroatoms. The summed E-state index contributed by atoms with van der Waals surface area (Å²) in [4.78, 5) is 0. The van der Waals surface area contributed by atoms with Gasteiger partial charge in [0.25, 0.3) is 0 Å². The largest absolute Gasteiger partial charge is 0.494 e. The normalized spacial score (nSPS) is 21.6. The summed E-state index contributed by atoms with van der Waals surface area (Å²) < 4.78 is 72.6. The first-order valence-electron chi connectivity index (χ1n) is 5.79. The van der Waals surface area contributed by atoms with E-state index in [4.69, 9.17) is 0 Å². The predicted molar refractivity (Wildman–Crippen MR) is 66.4 cm³/mol. The number of benzene rings is 1. The lowest BCUT2D eigenvalue weighted by molar-refractivity contribution is 0.315. The fourth-order valence-corrected chi connectivity index (χ4v) is 2.15. The van der Waals surface area contributed by atoms with E-state index >= 15 is 0 Å². The maximum atomic E-state index is 14.4. The minimum Gasteiger partial charge on any atom is -0.494 e. The highest BCUT2D eigenvalue weighted by Gasteiger charge is 2.35. The molecule has 106 valence electrons. The molecular formula is C13H10BF5O. The third-order valence-corrected chi connectivity index (χ3v) is 3.03. The second-order valence-electron chi connectivity index (χ2n) is 4.53. The maximum Gasteiger partial charge on any atom is 0.218 e. The summed E-state index contributed by atoms with van der Waals surface area (Å²) in [5.41, 5.74) is -2.85. The van der Waals surface area contributed by atoms with Crippen molar-refractivity contribution in [1.82, 2.24) is 0 Å². The van der Waals surface area contributed by atoms with E-state index in [2.05, 4.69) is 4.74 Å². The lowest BCUT2D eigenvalue weighted by Gasteiger charge is -2.23. The topological polar surface area (TPSA) is 9.23 Å². The molecule has 0 spiro atoms. The van der Waals surface area contributed by atoms with Gasteiger partial charge in [0, 0.05) is 17.9 Å². The Balaban J connectivity index is 2.43. The molecule has 1 atom stereocenters. The van der Waals surface area contributed by atoms with Crippen LogP contribution in [-0.4, -0.2) is 20.0 Å². The van der Waals surface area contributed by atoms with Crippen molar-refractivity contribution < 1.29 is 26.7 Å². The van der Waals surface area contributed by atoms with Gasteiger partial charge in [0.05, 0.1) is 7.11 Å². The van der Waals surface area contributed by atoms with E-state index in [0.717, 1.165) is 25.3 Å². The monoisotopic (exact) mass is 288 g/mol. The standard InChI is InChI=1S/C13H10BF5O/c1-20-12-9(17)5-8(16)11(18)10(12)14-13(19)4-2-3-7(15)6-13/h2-5,14H,6H2,1H3. The Hall–Kier alpha value is -1.79. The van der Waals surface area contributed by atoms with Gasteiger partial charge in [-0.1, -0.05) is 12.2 Å². The molecule has 1 nitrogen and oxygen atoms in total. The van der Waals surface area contributed by atoms with E-state index < -0.39 is 53.8 Å². The van der Waals surface area contributed by atoms with Gasteiger partial charge in [-0.3, -0.25) is 0 Å². The zero-order valence-corrected chi connectivity index (χ0v) is 10.5. The number of alkyl halides is 1. The summed E-state index contributed by atoms with van der Waals surface area (Å²) in [6.45, 7) is 0. The first-order valence-corrected chi connectivity index (χ1v) is 5.79. The maximum absolute atomic E-state index is 14.4. The molecular weight excluding hydrogens is 278 g/mol. The van der Waals surface area contributed by atoms with Crippen LogP contribution in [0.2, 0.25) is 0 Å². The molecule has 0 saturated heterocycles. The highest BCUT2D eigenvalue weighted by molar-refractivity contribution is 6.58. The highest BCUT2D eigenvalue weighted by Crippen LogP contribution is 2.28. The van der Waals surface area contributed by atoms with Crippen LogP contribution in [0.3, 0.4) is 0 Å². The van der Waals surface area contributed by atoms with E-state index in [-0.39, 0.29) is 0 Å². The predicted octanol–water partition coefficient (Wildman–Crippen LogP) is 2.65. The Morgan fingerprint density at radius 2 is 1.90 bits per heavy atom. The van der Waals surface area contributed by atoms with Gasteiger partial charge in [0.15, 0.2) is 23.2 Å². The van der Waals surface area contributed by atoms with Crippen LogP contribution < -0.4 is 10.2 Å². The molecule has 0 fully saturated rings. The van der Waals surface area contributed by atoms with Crippen molar-refractivity contribution in [2.24, 2.45) is 0 Å². The van der Waals surface area contributed by atoms with Crippen molar-refractivity contribution in [1.29, 1.82) is 0 Å². The van der Waals surface area contributed by atoms with Crippen LogP contribution in [0.5, 0.6) is 5.75 Å². The Morgan fingerprint density at radius 1 is 1.20 bits per heavy atom. The number of hydrogen-bond donors (Lipinski definition) is 0. The minimum absolute atomic E-state index is 0.319. The SMILES string of the molecule is COc1c(F)cc(F)c(F)c1BC1(F)C=CC=C(F)C1. The molecule has 1 aromatic carbocycles. The molecule has 1 unspecified atom stereocenters. The summed E-state index contributed by atoms with van der Waals surface area (Å²) in [7, 11) is 0.329. The van der Waals surface area contributed by atoms with E-state index in [1.807, 2.05) is 0 Å². The van der Waals surface area contributed by atoms with Gasteiger partial charge in [0.1, 0.15) is 11.4 Å². The molecule has 1 aliphatic rings. The van der Waals surface area contributed by atoms with Crippen molar-refractivity contribution in [2.75, 3.05) is 7.11 Å². The van der Waals surface area contributed by atoms with Crippen molar-refractivity contribution >= 4 is 12.7 Å². The average molecular weight is 288 g/mol. The molecule has 1 aliphatic carbocycles. The molecule has 0 aliphatic heterocycles. The van der Waals surface area contributed by atoms with Gasteiger partial charge in [-0.15, -0.1) is 0 Å². The van der Waals surface area contributed by atoms with Crippen molar-refractivity contribution in [2.45, 2.75) is 12.0 Å². The second kappa shape index (κ2) is 5.30. The van der Waals surface area contributed by atoms with Crippen LogP contribution in [0.1, 0.15) is 6.42 Å². The lowest BCUT2D eigenvalue weighted by Crippen LogP contribution is -2.40. The van der Waals surface area contributed by atoms with Crippen LogP contribution in [0.15, 0.2) is 30.1 Å². The summed E-state index contributed by atoms with van der Waals surface area (Å²) in [5, 5.41) is 0. The zero-order chi connectivity index (χ0) is 14.9. The third-order valence-electron chi connectivity index (χ3n) is 3.03. The first kappa shape index (κ1) is 14.6. The smallest absolute Gasteiger partial charge is 0.218 e. The van der Waals surface area contributed by atoms with E-state index in [9.17, 15) is 22.0 Å². The van der Waals surface area contributed by atoms with E-state index in [0.29, 0.717) is 6.07 Å². The Morgan fingerprint density at radius 3 is 2.50 bits per heavy atom. The van der Waals surface area contributed by atoms with Gasteiger partial charge in [0.2, 0.25) is 7.28 Å². The molecule has 1 aromatic rings. The van der Waals surface area contributed by atoms with E-state index in [1.54, 1.807) is 0 Å². The molecule has 0 saturated carbocycles. The van der Waals surface area contributed by atoms with Gasteiger partial charge in [-0.2, -0.15) is 0 Å². The van der Waals surface area contributed by atoms with Crippen LogP contribution in [0, 0.1) is 17.5 Å². The zero-order valence-electron chi connectivity index (χ0n) is 10.5. The number of rotatable bonds is 3. The number of methoxy groups -OCH3 is 1. The molecule has 20 heavy (non-hydrogen) atoms. The molecule has 0 aromatic heterocycles. The van der Waals surface area contributed by atoms with Crippen LogP contribution in [0.25, 0.3) is 0 Å². The molecule has 0 N–H and O–H groups in total. The second-order valence-corrected chi connectivity index (χ2v) is 4.53. The van der Waals surface area contributed by atoms with E-state index in [1.165, 1.54) is 0 Å². The Kier molecular flexibility index (Phi) is 3.88. The fourth-order valence-electron chi connectivity index (χ4n) is 2.15. The van der Waals surface area contributed by atoms with Gasteiger partial charge in [-0.25, -0.2) is 22.0 Å². The van der Waals surface area contributed by atoms with Crippen molar-refractivity contribution in [3.63, 3.8) is 0 Å². The van der Waals surface area contributed by atoms with Crippen molar-refractivity contribution in [3.8, 4) is 5.75 Å². The molecule has 0 bridgehead atoms. The number of halogens is 5. The summed E-state index contributed by atoms with van der Waals surface area (Å²) in [5.74, 6) is -5.29. The van der Waals surface area contributed by atoms with Gasteiger partial charge in [-0.05, 0) is 6.08 Å². The summed E-state index contributed by atoms with van der Waals surface area (Å²) in [6.07, 6.45) is 2.61. The van der Waals surface area contributed by atoms with Crippen LogP contribution >= 0.6 is 0 Å². The Bertz CT molecular complexity index is 599. The number of hydrogen-bond acceptors (Lipinski definition) is 1. The molecule has 0 amide bonds. The highest BCUT2D eigenvalue weighted by atomic mass is 19.2. The average Bonchev–Trinajstić information content (AvgIpc) is 2.35.